The van der Waals surface area contributed by atoms with Gasteiger partial charge in [0.2, 0.25) is 0 Å². The van der Waals surface area contributed by atoms with E-state index in [2.05, 4.69) is 99.7 Å². The lowest BCUT2D eigenvalue weighted by atomic mass is 9.77. The number of ether oxygens (including phenoxy) is 2. The Balaban J connectivity index is 2.75. The summed E-state index contributed by atoms with van der Waals surface area (Å²) in [6, 6.07) is 9.45. The molecule has 0 fully saturated rings. The molecule has 0 aliphatic carbocycles. The average Bonchev–Trinajstić information content (AvgIpc) is 2.76. The maximum atomic E-state index is 6.16. The van der Waals surface area contributed by atoms with Crippen molar-refractivity contribution in [1.82, 2.24) is 0 Å². The molecule has 0 heterocycles. The number of aryl methyl sites for hydroxylation is 2. The van der Waals surface area contributed by atoms with E-state index in [1.165, 1.54) is 46.2 Å². The molecule has 2 nitrogen and oxygen atoms in total. The molecule has 0 amide bonds. The largest absolute Gasteiger partial charge is 0.489 e. The van der Waals surface area contributed by atoms with Gasteiger partial charge in [0.25, 0.3) is 0 Å². The number of rotatable bonds is 11. The fourth-order valence-corrected chi connectivity index (χ4v) is 4.72. The Kier molecular flexibility index (Phi) is 9.84. The van der Waals surface area contributed by atoms with Crippen molar-refractivity contribution in [3.05, 3.63) is 83.0 Å². The summed E-state index contributed by atoms with van der Waals surface area (Å²) in [7, 11) is 0. The third-order valence-electron chi connectivity index (χ3n) is 6.55. The van der Waals surface area contributed by atoms with Crippen molar-refractivity contribution in [2.45, 2.75) is 98.3 Å². The molecule has 0 saturated carbocycles. The molecule has 0 aliphatic heterocycles. The normalized spacial score (nSPS) is 12.1. The van der Waals surface area contributed by atoms with Gasteiger partial charge >= 0.3 is 0 Å². The highest BCUT2D eigenvalue weighted by atomic mass is 16.5. The van der Waals surface area contributed by atoms with Gasteiger partial charge in [-0.25, -0.2) is 0 Å². The molecular weight excluding hydrogens is 428 g/mol. The topological polar surface area (TPSA) is 18.5 Å². The van der Waals surface area contributed by atoms with Crippen LogP contribution in [0.2, 0.25) is 0 Å². The van der Waals surface area contributed by atoms with Gasteiger partial charge in [0.15, 0.2) is 0 Å². The summed E-state index contributed by atoms with van der Waals surface area (Å²) in [6.07, 6.45) is 7.10. The quantitative estimate of drug-likeness (QED) is 0.301. The smallest absolute Gasteiger partial charge is 0.126 e. The third kappa shape index (κ3) is 7.26. The lowest BCUT2D eigenvalue weighted by molar-refractivity contribution is 0.348. The van der Waals surface area contributed by atoms with Crippen LogP contribution >= 0.6 is 0 Å². The van der Waals surface area contributed by atoms with Crippen LogP contribution in [0.5, 0.6) is 11.5 Å². The molecule has 0 N–H and O–H groups in total. The summed E-state index contributed by atoms with van der Waals surface area (Å²) < 4.78 is 12.3. The number of hydrogen-bond acceptors (Lipinski definition) is 2. The zero-order chi connectivity index (χ0) is 26.4. The van der Waals surface area contributed by atoms with Crippen LogP contribution < -0.4 is 9.47 Å². The van der Waals surface area contributed by atoms with Crippen LogP contribution in [-0.4, -0.2) is 13.2 Å². The zero-order valence-electron chi connectivity index (χ0n) is 23.8. The van der Waals surface area contributed by atoms with Gasteiger partial charge in [-0.3, -0.25) is 0 Å². The van der Waals surface area contributed by atoms with Crippen LogP contribution in [0.4, 0.5) is 0 Å². The van der Waals surface area contributed by atoms with Gasteiger partial charge in [-0.2, -0.15) is 0 Å². The molecule has 2 aromatic rings. The van der Waals surface area contributed by atoms with E-state index in [9.17, 15) is 0 Å². The Labute approximate surface area is 215 Å². The molecule has 35 heavy (non-hydrogen) atoms. The monoisotopic (exact) mass is 476 g/mol. The average molecular weight is 477 g/mol. The Bertz CT molecular complexity index is 935. The zero-order valence-corrected chi connectivity index (χ0v) is 23.8. The molecule has 0 aliphatic rings. The van der Waals surface area contributed by atoms with Crippen molar-refractivity contribution in [1.29, 1.82) is 0 Å². The maximum absolute atomic E-state index is 6.16. The minimum absolute atomic E-state index is 0.0263. The van der Waals surface area contributed by atoms with Crippen LogP contribution in [0.1, 0.15) is 107 Å². The lowest BCUT2D eigenvalue weighted by Gasteiger charge is -2.29. The van der Waals surface area contributed by atoms with Crippen molar-refractivity contribution < 1.29 is 9.47 Å². The molecule has 0 unspecified atom stereocenters. The summed E-state index contributed by atoms with van der Waals surface area (Å²) in [5, 5.41) is 0. The highest BCUT2D eigenvalue weighted by Crippen LogP contribution is 2.42. The molecule has 0 spiro atoms. The molecule has 0 atom stereocenters. The van der Waals surface area contributed by atoms with Crippen molar-refractivity contribution in [3.63, 3.8) is 0 Å². The second-order valence-corrected chi connectivity index (χ2v) is 11.8. The van der Waals surface area contributed by atoms with Crippen molar-refractivity contribution in [2.24, 2.45) is 0 Å². The van der Waals surface area contributed by atoms with Crippen LogP contribution in [0.3, 0.4) is 0 Å². The van der Waals surface area contributed by atoms with Crippen LogP contribution in [0.25, 0.3) is 0 Å². The van der Waals surface area contributed by atoms with Crippen LogP contribution in [0.15, 0.2) is 49.6 Å². The predicted octanol–water partition coefficient (Wildman–Crippen LogP) is 9.35. The summed E-state index contributed by atoms with van der Waals surface area (Å²) in [4.78, 5) is 0. The maximum Gasteiger partial charge on any atom is 0.126 e. The molecule has 0 aromatic heterocycles. The van der Waals surface area contributed by atoms with E-state index in [4.69, 9.17) is 9.47 Å². The Hall–Kier alpha value is -2.48. The summed E-state index contributed by atoms with van der Waals surface area (Å²) in [5.74, 6) is 2.31. The molecule has 0 radical (unpaired) electrons. The number of hydrogen-bond donors (Lipinski definition) is 0. The van der Waals surface area contributed by atoms with Crippen molar-refractivity contribution >= 4 is 0 Å². The van der Waals surface area contributed by atoms with E-state index >= 15 is 0 Å². The fraction of sp³-hybridized carbons (Fsp3) is 0.515. The molecule has 192 valence electrons. The molecule has 0 saturated heterocycles. The first-order chi connectivity index (χ1) is 16.3. The van der Waals surface area contributed by atoms with Gasteiger partial charge in [0, 0.05) is 17.0 Å². The predicted molar refractivity (Wildman–Crippen MR) is 153 cm³/mol. The molecular formula is C33H48O2. The standard InChI is InChI=1S/C33H48O2/c1-12-15-16-27(25-19-23(4)30(34-17-13-2)28(21-25)32(6,7)8)26-20-24(5)31(35-18-14-3)29(22-26)33(9,10)11/h13-14,19-22,27H,2-3,12,15-18H2,1,4-11H3. The fourth-order valence-electron chi connectivity index (χ4n) is 4.72. The summed E-state index contributed by atoms with van der Waals surface area (Å²) >= 11 is 0. The second kappa shape index (κ2) is 12.0. The Morgan fingerprint density at radius 3 is 1.46 bits per heavy atom. The summed E-state index contributed by atoms with van der Waals surface area (Å²) in [6.45, 7) is 28.9. The SMILES string of the molecule is C=CCOc1c(C)cc(C(CCCC)c2cc(C)c(OCC=C)c(C(C)(C)C)c2)cc1C(C)(C)C. The first-order valence-electron chi connectivity index (χ1n) is 13.1. The third-order valence-corrected chi connectivity index (χ3v) is 6.55. The lowest BCUT2D eigenvalue weighted by Crippen LogP contribution is -2.17. The van der Waals surface area contributed by atoms with E-state index in [1.807, 2.05) is 12.2 Å². The molecule has 2 aromatic carbocycles. The first-order valence-corrected chi connectivity index (χ1v) is 13.1. The van der Waals surface area contributed by atoms with Crippen molar-refractivity contribution in [3.8, 4) is 11.5 Å². The number of benzene rings is 2. The first kappa shape index (κ1) is 28.8. The number of unbranched alkanes of at least 4 members (excludes halogenated alkanes) is 1. The molecule has 2 rings (SSSR count). The molecule has 2 heteroatoms. The van der Waals surface area contributed by atoms with E-state index in [0.717, 1.165) is 17.9 Å². The van der Waals surface area contributed by atoms with Gasteiger partial charge in [-0.1, -0.05) is 111 Å². The Morgan fingerprint density at radius 2 is 1.14 bits per heavy atom. The van der Waals surface area contributed by atoms with Crippen LogP contribution in [-0.2, 0) is 10.8 Å². The van der Waals surface area contributed by atoms with E-state index in [-0.39, 0.29) is 10.8 Å². The van der Waals surface area contributed by atoms with Crippen LogP contribution in [0, 0.1) is 13.8 Å². The minimum atomic E-state index is -0.0263. The molecule has 0 bridgehead atoms. The highest BCUT2D eigenvalue weighted by molar-refractivity contribution is 5.53. The van der Waals surface area contributed by atoms with Gasteiger partial charge in [-0.05, 0) is 53.4 Å². The second-order valence-electron chi connectivity index (χ2n) is 11.8. The van der Waals surface area contributed by atoms with E-state index in [0.29, 0.717) is 19.1 Å². The van der Waals surface area contributed by atoms with Gasteiger partial charge in [0.1, 0.15) is 24.7 Å². The van der Waals surface area contributed by atoms with E-state index < -0.39 is 0 Å². The van der Waals surface area contributed by atoms with Gasteiger partial charge in [-0.15, -0.1) is 0 Å². The minimum Gasteiger partial charge on any atom is -0.489 e. The Morgan fingerprint density at radius 1 is 0.743 bits per heavy atom. The summed E-state index contributed by atoms with van der Waals surface area (Å²) in [5.41, 5.74) is 7.58. The van der Waals surface area contributed by atoms with E-state index in [1.54, 1.807) is 0 Å². The van der Waals surface area contributed by atoms with Crippen molar-refractivity contribution in [2.75, 3.05) is 13.2 Å². The van der Waals surface area contributed by atoms with Gasteiger partial charge < -0.3 is 9.47 Å². The van der Waals surface area contributed by atoms with Gasteiger partial charge in [0.05, 0.1) is 0 Å². The highest BCUT2D eigenvalue weighted by Gasteiger charge is 2.27.